The summed E-state index contributed by atoms with van der Waals surface area (Å²) in [5.41, 5.74) is 7.23. The van der Waals surface area contributed by atoms with Gasteiger partial charge in [-0.1, -0.05) is 32.6 Å². The van der Waals surface area contributed by atoms with Crippen LogP contribution in [0.2, 0.25) is 0 Å². The van der Waals surface area contributed by atoms with Crippen molar-refractivity contribution in [3.05, 3.63) is 23.8 Å². The lowest BCUT2D eigenvalue weighted by molar-refractivity contribution is 0.0698. The predicted octanol–water partition coefficient (Wildman–Crippen LogP) is 3.60. The van der Waals surface area contributed by atoms with Gasteiger partial charge >= 0.3 is 5.97 Å². The summed E-state index contributed by atoms with van der Waals surface area (Å²) >= 11 is 0. The fourth-order valence-electron chi connectivity index (χ4n) is 2.92. The third-order valence-electron chi connectivity index (χ3n) is 4.28. The van der Waals surface area contributed by atoms with Crippen LogP contribution < -0.4 is 11.1 Å². The van der Waals surface area contributed by atoms with Gasteiger partial charge in [0.05, 0.1) is 11.3 Å². The first-order valence-electron chi connectivity index (χ1n) is 7.43. The van der Waals surface area contributed by atoms with Gasteiger partial charge in [0.25, 0.3) is 0 Å². The number of carboxylic acids is 1. The SMILES string of the molecule is CC1CCC(CCNc2cc(N)ccc2C(=O)O)CC1. The van der Waals surface area contributed by atoms with Crippen LogP contribution >= 0.6 is 0 Å². The van der Waals surface area contributed by atoms with Crippen LogP contribution in [-0.2, 0) is 0 Å². The number of nitrogens with two attached hydrogens (primary N) is 1. The number of anilines is 2. The Kier molecular flexibility index (Phi) is 4.88. The Morgan fingerprint density at radius 3 is 2.70 bits per heavy atom. The molecule has 0 atom stereocenters. The van der Waals surface area contributed by atoms with Gasteiger partial charge in [-0.25, -0.2) is 4.79 Å². The summed E-state index contributed by atoms with van der Waals surface area (Å²) in [6.45, 7) is 3.13. The zero-order chi connectivity index (χ0) is 14.5. The van der Waals surface area contributed by atoms with E-state index in [1.807, 2.05) is 0 Å². The molecule has 0 heterocycles. The van der Waals surface area contributed by atoms with E-state index in [0.717, 1.165) is 24.8 Å². The molecule has 4 nitrogen and oxygen atoms in total. The molecule has 110 valence electrons. The molecule has 1 aliphatic rings. The van der Waals surface area contributed by atoms with E-state index in [0.29, 0.717) is 11.4 Å². The van der Waals surface area contributed by atoms with E-state index in [2.05, 4.69) is 12.2 Å². The van der Waals surface area contributed by atoms with Gasteiger partial charge < -0.3 is 16.2 Å². The van der Waals surface area contributed by atoms with Crippen molar-refractivity contribution in [2.75, 3.05) is 17.6 Å². The second kappa shape index (κ2) is 6.64. The topological polar surface area (TPSA) is 75.3 Å². The first-order chi connectivity index (χ1) is 9.56. The van der Waals surface area contributed by atoms with Gasteiger partial charge in [-0.3, -0.25) is 0 Å². The molecule has 0 amide bonds. The molecule has 1 fully saturated rings. The first kappa shape index (κ1) is 14.7. The summed E-state index contributed by atoms with van der Waals surface area (Å²) < 4.78 is 0. The van der Waals surface area contributed by atoms with E-state index >= 15 is 0 Å². The number of nitrogen functional groups attached to an aromatic ring is 1. The fraction of sp³-hybridized carbons (Fsp3) is 0.562. The highest BCUT2D eigenvalue weighted by molar-refractivity contribution is 5.95. The summed E-state index contributed by atoms with van der Waals surface area (Å²) in [6, 6.07) is 4.88. The molecule has 2 rings (SSSR count). The van der Waals surface area contributed by atoms with Crippen LogP contribution in [-0.4, -0.2) is 17.6 Å². The Balaban J connectivity index is 1.87. The molecular formula is C16H24N2O2. The molecule has 1 saturated carbocycles. The molecule has 0 unspecified atom stereocenters. The summed E-state index contributed by atoms with van der Waals surface area (Å²) in [5, 5.41) is 12.4. The minimum atomic E-state index is -0.918. The lowest BCUT2D eigenvalue weighted by atomic mass is 9.81. The van der Waals surface area contributed by atoms with E-state index in [9.17, 15) is 4.79 Å². The van der Waals surface area contributed by atoms with Gasteiger partial charge in [0.1, 0.15) is 0 Å². The van der Waals surface area contributed by atoms with Gasteiger partial charge in [-0.15, -0.1) is 0 Å². The smallest absolute Gasteiger partial charge is 0.337 e. The van der Waals surface area contributed by atoms with Gasteiger partial charge in [0, 0.05) is 12.2 Å². The molecule has 0 aromatic heterocycles. The number of aromatic carboxylic acids is 1. The van der Waals surface area contributed by atoms with Gasteiger partial charge in [-0.05, 0) is 36.5 Å². The molecule has 0 aliphatic heterocycles. The van der Waals surface area contributed by atoms with Crippen LogP contribution in [0.15, 0.2) is 18.2 Å². The zero-order valence-corrected chi connectivity index (χ0v) is 12.1. The lowest BCUT2D eigenvalue weighted by Crippen LogP contribution is -2.16. The average molecular weight is 276 g/mol. The molecule has 1 aromatic carbocycles. The highest BCUT2D eigenvalue weighted by Gasteiger charge is 2.18. The lowest BCUT2D eigenvalue weighted by Gasteiger charge is -2.26. The summed E-state index contributed by atoms with van der Waals surface area (Å²) in [7, 11) is 0. The van der Waals surface area contributed by atoms with E-state index < -0.39 is 5.97 Å². The molecule has 0 radical (unpaired) electrons. The number of carbonyl (C=O) groups is 1. The maximum atomic E-state index is 11.2. The van der Waals surface area contributed by atoms with Crippen LogP contribution in [0.25, 0.3) is 0 Å². The van der Waals surface area contributed by atoms with Crippen molar-refractivity contribution in [2.45, 2.75) is 39.0 Å². The second-order valence-corrected chi connectivity index (χ2v) is 5.95. The van der Waals surface area contributed by atoms with Gasteiger partial charge in [-0.2, -0.15) is 0 Å². The molecular weight excluding hydrogens is 252 g/mol. The minimum Gasteiger partial charge on any atom is -0.478 e. The Hall–Kier alpha value is -1.71. The summed E-state index contributed by atoms with van der Waals surface area (Å²) in [6.07, 6.45) is 6.34. The maximum Gasteiger partial charge on any atom is 0.337 e. The Bertz CT molecular complexity index is 466. The van der Waals surface area contributed by atoms with E-state index in [1.54, 1.807) is 18.2 Å². The number of carboxylic acid groups (broad SMARTS) is 1. The molecule has 1 aromatic rings. The monoisotopic (exact) mass is 276 g/mol. The molecule has 0 bridgehead atoms. The standard InChI is InChI=1S/C16H24N2O2/c1-11-2-4-12(5-3-11)8-9-18-15-10-13(17)6-7-14(15)16(19)20/h6-7,10-12,18H,2-5,8-9,17H2,1H3,(H,19,20). The Morgan fingerprint density at radius 2 is 2.05 bits per heavy atom. The van der Waals surface area contributed by atoms with Crippen LogP contribution in [0.3, 0.4) is 0 Å². The van der Waals surface area contributed by atoms with Crippen molar-refractivity contribution in [3.8, 4) is 0 Å². The van der Waals surface area contributed by atoms with Crippen molar-refractivity contribution in [2.24, 2.45) is 11.8 Å². The fourth-order valence-corrected chi connectivity index (χ4v) is 2.92. The van der Waals surface area contributed by atoms with E-state index in [1.165, 1.54) is 25.7 Å². The first-order valence-corrected chi connectivity index (χ1v) is 7.43. The average Bonchev–Trinajstić information content (AvgIpc) is 2.41. The molecule has 4 N–H and O–H groups in total. The van der Waals surface area contributed by atoms with E-state index in [-0.39, 0.29) is 5.56 Å². The highest BCUT2D eigenvalue weighted by atomic mass is 16.4. The number of benzene rings is 1. The van der Waals surface area contributed by atoms with Crippen molar-refractivity contribution in [1.29, 1.82) is 0 Å². The summed E-state index contributed by atoms with van der Waals surface area (Å²) in [5.74, 6) is 0.721. The van der Waals surface area contributed by atoms with Crippen molar-refractivity contribution < 1.29 is 9.90 Å². The van der Waals surface area contributed by atoms with Crippen molar-refractivity contribution in [1.82, 2.24) is 0 Å². The van der Waals surface area contributed by atoms with Crippen molar-refractivity contribution >= 4 is 17.3 Å². The van der Waals surface area contributed by atoms with Crippen LogP contribution in [0.5, 0.6) is 0 Å². The highest BCUT2D eigenvalue weighted by Crippen LogP contribution is 2.30. The molecule has 20 heavy (non-hydrogen) atoms. The zero-order valence-electron chi connectivity index (χ0n) is 12.1. The van der Waals surface area contributed by atoms with Crippen LogP contribution in [0, 0.1) is 11.8 Å². The Labute approximate surface area is 120 Å². The van der Waals surface area contributed by atoms with Crippen LogP contribution in [0.1, 0.15) is 49.4 Å². The van der Waals surface area contributed by atoms with Crippen LogP contribution in [0.4, 0.5) is 11.4 Å². The summed E-state index contributed by atoms with van der Waals surface area (Å²) in [4.78, 5) is 11.2. The second-order valence-electron chi connectivity index (χ2n) is 5.95. The van der Waals surface area contributed by atoms with Gasteiger partial charge in [0.15, 0.2) is 0 Å². The van der Waals surface area contributed by atoms with E-state index in [4.69, 9.17) is 10.8 Å². The molecule has 1 aliphatic carbocycles. The number of rotatable bonds is 5. The molecule has 0 spiro atoms. The minimum absolute atomic E-state index is 0.288. The number of hydrogen-bond donors (Lipinski definition) is 3. The Morgan fingerprint density at radius 1 is 1.35 bits per heavy atom. The number of hydrogen-bond acceptors (Lipinski definition) is 3. The quantitative estimate of drug-likeness (QED) is 0.718. The van der Waals surface area contributed by atoms with Gasteiger partial charge in [0.2, 0.25) is 0 Å². The van der Waals surface area contributed by atoms with Crippen molar-refractivity contribution in [3.63, 3.8) is 0 Å². The largest absolute Gasteiger partial charge is 0.478 e. The number of nitrogens with one attached hydrogen (secondary N) is 1. The molecule has 4 heteroatoms. The third kappa shape index (κ3) is 3.89. The maximum absolute atomic E-state index is 11.2. The third-order valence-corrected chi connectivity index (χ3v) is 4.28. The normalized spacial score (nSPS) is 22.4. The molecule has 0 saturated heterocycles. The predicted molar refractivity (Wildman–Crippen MR) is 82.0 cm³/mol.